The number of amides is 1. The molecule has 3 rings (SSSR count). The number of ether oxygens (including phenoxy) is 2. The van der Waals surface area contributed by atoms with Gasteiger partial charge in [-0.15, -0.1) is 0 Å². The lowest BCUT2D eigenvalue weighted by Gasteiger charge is -2.08. The Bertz CT molecular complexity index is 845. The highest BCUT2D eigenvalue weighted by atomic mass is 16.7. The molecule has 28 heavy (non-hydrogen) atoms. The molecule has 0 bridgehead atoms. The highest BCUT2D eigenvalue weighted by molar-refractivity contribution is 6.01. The fourth-order valence-electron chi connectivity index (χ4n) is 2.62. The Morgan fingerprint density at radius 1 is 1.25 bits per heavy atom. The predicted molar refractivity (Wildman–Crippen MR) is 107 cm³/mol. The average molecular weight is 381 g/mol. The van der Waals surface area contributed by atoms with Crippen molar-refractivity contribution >= 4 is 17.8 Å². The monoisotopic (exact) mass is 381 g/mol. The van der Waals surface area contributed by atoms with E-state index in [-0.39, 0.29) is 25.2 Å². The van der Waals surface area contributed by atoms with Gasteiger partial charge in [-0.2, -0.15) is 5.10 Å². The number of hydrazone groups is 1. The van der Waals surface area contributed by atoms with Crippen molar-refractivity contribution in [2.45, 2.75) is 19.4 Å². The van der Waals surface area contributed by atoms with Gasteiger partial charge in [0.15, 0.2) is 6.10 Å². The number of rotatable bonds is 8. The van der Waals surface area contributed by atoms with Crippen LogP contribution in [0.5, 0.6) is 5.75 Å². The third kappa shape index (κ3) is 5.65. The first-order valence-electron chi connectivity index (χ1n) is 8.97. The van der Waals surface area contributed by atoms with Crippen LogP contribution >= 0.6 is 0 Å². The summed E-state index contributed by atoms with van der Waals surface area (Å²) in [5.41, 5.74) is 6.35. The van der Waals surface area contributed by atoms with E-state index in [1.807, 2.05) is 55.5 Å². The van der Waals surface area contributed by atoms with Crippen molar-refractivity contribution in [3.8, 4) is 5.75 Å². The number of carbonyl (C=O) groups is 1. The smallest absolute Gasteiger partial charge is 0.266 e. The maximum Gasteiger partial charge on any atom is 0.266 e. The molecule has 0 aromatic heterocycles. The zero-order chi connectivity index (χ0) is 19.8. The minimum atomic E-state index is -0.322. The zero-order valence-electron chi connectivity index (χ0n) is 15.9. The van der Waals surface area contributed by atoms with Gasteiger partial charge >= 0.3 is 0 Å². The van der Waals surface area contributed by atoms with E-state index in [0.717, 1.165) is 22.6 Å². The molecule has 1 amide bonds. The summed E-state index contributed by atoms with van der Waals surface area (Å²) in [6.07, 6.45) is 2.01. The van der Waals surface area contributed by atoms with Gasteiger partial charge in [0.1, 0.15) is 12.4 Å². The molecule has 0 saturated heterocycles. The maximum atomic E-state index is 11.8. The van der Waals surface area contributed by atoms with E-state index in [4.69, 9.17) is 14.3 Å². The number of aryl methyl sites for hydroxylation is 1. The van der Waals surface area contributed by atoms with Gasteiger partial charge in [-0.1, -0.05) is 35.0 Å². The molecule has 0 radical (unpaired) electrons. The normalized spacial score (nSPS) is 15.9. The fourth-order valence-corrected chi connectivity index (χ4v) is 2.62. The van der Waals surface area contributed by atoms with E-state index in [0.29, 0.717) is 6.42 Å². The minimum absolute atomic E-state index is 0.0943. The van der Waals surface area contributed by atoms with E-state index in [2.05, 4.69) is 15.7 Å². The molecule has 0 saturated carbocycles. The molecule has 2 aromatic carbocycles. The summed E-state index contributed by atoms with van der Waals surface area (Å²) in [4.78, 5) is 17.2. The van der Waals surface area contributed by atoms with Crippen LogP contribution in [0.3, 0.4) is 0 Å². The van der Waals surface area contributed by atoms with Crippen molar-refractivity contribution < 1.29 is 19.1 Å². The summed E-state index contributed by atoms with van der Waals surface area (Å²) >= 11 is 0. The topological polar surface area (TPSA) is 81.5 Å². The van der Waals surface area contributed by atoms with Gasteiger partial charge in [-0.05, 0) is 42.3 Å². The first-order chi connectivity index (χ1) is 13.6. The quantitative estimate of drug-likeness (QED) is 0.563. The number of methoxy groups -OCH3 is 1. The summed E-state index contributed by atoms with van der Waals surface area (Å²) in [7, 11) is 1.63. The van der Waals surface area contributed by atoms with Gasteiger partial charge < -0.3 is 14.3 Å². The summed E-state index contributed by atoms with van der Waals surface area (Å²) in [6.45, 7) is 2.19. The van der Waals surface area contributed by atoms with Gasteiger partial charge in [0.25, 0.3) is 5.91 Å². The largest absolute Gasteiger partial charge is 0.497 e. The number of nitrogens with one attached hydrogen (secondary N) is 1. The third-order valence-electron chi connectivity index (χ3n) is 4.17. The molecule has 7 heteroatoms. The van der Waals surface area contributed by atoms with Crippen molar-refractivity contribution in [3.63, 3.8) is 0 Å². The van der Waals surface area contributed by atoms with Gasteiger partial charge in [-0.3, -0.25) is 4.79 Å². The summed E-state index contributed by atoms with van der Waals surface area (Å²) in [5.74, 6) is 0.469. The molecule has 1 aliphatic heterocycles. The SMILES string of the molecule is COc1ccc(C2=NOC(COCC(=O)N/N=C/c3ccc(C)cc3)C2)cc1. The van der Waals surface area contributed by atoms with E-state index in [1.165, 1.54) is 5.56 Å². The number of oxime groups is 1. The number of hydrogen-bond donors (Lipinski definition) is 1. The first kappa shape index (κ1) is 19.6. The van der Waals surface area contributed by atoms with Gasteiger partial charge in [0.2, 0.25) is 0 Å². The average Bonchev–Trinajstić information content (AvgIpc) is 3.18. The summed E-state index contributed by atoms with van der Waals surface area (Å²) < 4.78 is 10.6. The highest BCUT2D eigenvalue weighted by Crippen LogP contribution is 2.19. The molecule has 146 valence electrons. The van der Waals surface area contributed by atoms with Crippen LogP contribution in [0.15, 0.2) is 58.8 Å². The Morgan fingerprint density at radius 2 is 2.00 bits per heavy atom. The maximum absolute atomic E-state index is 11.8. The number of nitrogens with zero attached hydrogens (tertiary/aromatic N) is 2. The minimum Gasteiger partial charge on any atom is -0.497 e. The van der Waals surface area contributed by atoms with Gasteiger partial charge in [-0.25, -0.2) is 5.43 Å². The van der Waals surface area contributed by atoms with E-state index in [1.54, 1.807) is 13.3 Å². The molecule has 0 spiro atoms. The zero-order valence-corrected chi connectivity index (χ0v) is 15.9. The van der Waals surface area contributed by atoms with Crippen LogP contribution in [0.1, 0.15) is 23.1 Å². The lowest BCUT2D eigenvalue weighted by molar-refractivity contribution is -0.127. The lowest BCUT2D eigenvalue weighted by Crippen LogP contribution is -2.26. The van der Waals surface area contributed by atoms with Crippen LogP contribution in [0.25, 0.3) is 0 Å². The lowest BCUT2D eigenvalue weighted by atomic mass is 10.1. The number of benzene rings is 2. The Kier molecular flexibility index (Phi) is 6.75. The van der Waals surface area contributed by atoms with Crippen LogP contribution in [-0.2, 0) is 14.4 Å². The number of hydrogen-bond acceptors (Lipinski definition) is 6. The molecule has 0 fully saturated rings. The van der Waals surface area contributed by atoms with Crippen molar-refractivity contribution in [2.75, 3.05) is 20.3 Å². The Balaban J connectivity index is 1.35. The van der Waals surface area contributed by atoms with Crippen LogP contribution in [-0.4, -0.2) is 44.3 Å². The molecule has 7 nitrogen and oxygen atoms in total. The standard InChI is InChI=1S/C21H23N3O4/c1-15-3-5-16(6-4-15)12-22-23-21(25)14-27-13-19-11-20(24-28-19)17-7-9-18(26-2)10-8-17/h3-10,12,19H,11,13-14H2,1-2H3,(H,23,25)/b22-12+. The fraction of sp³-hybridized carbons (Fsp3) is 0.286. The molecule has 1 atom stereocenters. The highest BCUT2D eigenvalue weighted by Gasteiger charge is 2.22. The Labute approximate surface area is 164 Å². The first-order valence-corrected chi connectivity index (χ1v) is 8.97. The summed E-state index contributed by atoms with van der Waals surface area (Å²) in [5, 5.41) is 8.02. The predicted octanol–water partition coefficient (Wildman–Crippen LogP) is 2.66. The van der Waals surface area contributed by atoms with E-state index in [9.17, 15) is 4.79 Å². The van der Waals surface area contributed by atoms with Crippen molar-refractivity contribution in [2.24, 2.45) is 10.3 Å². The van der Waals surface area contributed by atoms with E-state index >= 15 is 0 Å². The second-order valence-corrected chi connectivity index (χ2v) is 6.42. The van der Waals surface area contributed by atoms with Gasteiger partial charge in [0, 0.05) is 6.42 Å². The molecular formula is C21H23N3O4. The van der Waals surface area contributed by atoms with Crippen molar-refractivity contribution in [1.29, 1.82) is 0 Å². The van der Waals surface area contributed by atoms with Crippen molar-refractivity contribution in [3.05, 3.63) is 65.2 Å². The second-order valence-electron chi connectivity index (χ2n) is 6.42. The van der Waals surface area contributed by atoms with Gasteiger partial charge in [0.05, 0.1) is 25.6 Å². The molecule has 1 unspecified atom stereocenters. The summed E-state index contributed by atoms with van der Waals surface area (Å²) in [6, 6.07) is 15.4. The number of carbonyl (C=O) groups excluding carboxylic acids is 1. The van der Waals surface area contributed by atoms with E-state index < -0.39 is 0 Å². The molecule has 1 N–H and O–H groups in total. The van der Waals surface area contributed by atoms with Crippen LogP contribution in [0.2, 0.25) is 0 Å². The van der Waals surface area contributed by atoms with Crippen LogP contribution in [0.4, 0.5) is 0 Å². The Hall–Kier alpha value is -3.19. The van der Waals surface area contributed by atoms with Crippen molar-refractivity contribution in [1.82, 2.24) is 5.43 Å². The molecule has 1 aliphatic rings. The second kappa shape index (κ2) is 9.66. The Morgan fingerprint density at radius 3 is 2.71 bits per heavy atom. The van der Waals surface area contributed by atoms with Crippen LogP contribution < -0.4 is 10.2 Å². The third-order valence-corrected chi connectivity index (χ3v) is 4.17. The molecule has 0 aliphatic carbocycles. The van der Waals surface area contributed by atoms with Crippen LogP contribution in [0, 0.1) is 6.92 Å². The molecule has 2 aromatic rings. The molecule has 1 heterocycles. The molecular weight excluding hydrogens is 358 g/mol.